The van der Waals surface area contributed by atoms with Crippen LogP contribution in [0.15, 0.2) is 0 Å². The average molecular weight is 399 g/mol. The molecule has 0 bridgehead atoms. The molecule has 2 saturated heterocycles. The molecule has 2 atom stereocenters. The van der Waals surface area contributed by atoms with Crippen molar-refractivity contribution in [2.45, 2.75) is 76.5 Å². The smallest absolute Gasteiger partial charge is 0.308 e. The van der Waals surface area contributed by atoms with Crippen LogP contribution < -0.4 is 0 Å². The van der Waals surface area contributed by atoms with Crippen molar-refractivity contribution in [3.8, 4) is 0 Å². The second kappa shape index (κ2) is 10.3. The second-order valence-corrected chi connectivity index (χ2v) is 8.31. The van der Waals surface area contributed by atoms with Crippen LogP contribution >= 0.6 is 0 Å². The van der Waals surface area contributed by atoms with Crippen molar-refractivity contribution in [3.05, 3.63) is 0 Å². The summed E-state index contributed by atoms with van der Waals surface area (Å²) in [5.41, 5.74) is -0.413. The first-order chi connectivity index (χ1) is 13.6. The number of carbonyl (C=O) groups is 1. The molecular formula is C21H38N2O5. The highest BCUT2D eigenvalue weighted by atomic mass is 16.6. The van der Waals surface area contributed by atoms with E-state index >= 15 is 0 Å². The molecule has 7 heteroatoms. The second-order valence-electron chi connectivity index (χ2n) is 8.31. The first-order valence-electron chi connectivity index (χ1n) is 11.0. The number of hydrogen-bond donors (Lipinski definition) is 0. The SMILES string of the molecule is CCOC(=O)C1CCC(O[C@@H](N2CCCC2)N2CCC[C@@]2(COC)OC)CC1. The van der Waals surface area contributed by atoms with Gasteiger partial charge in [0.25, 0.3) is 0 Å². The summed E-state index contributed by atoms with van der Waals surface area (Å²) in [6.45, 7) is 5.95. The van der Waals surface area contributed by atoms with Crippen molar-refractivity contribution in [3.63, 3.8) is 0 Å². The van der Waals surface area contributed by atoms with Gasteiger partial charge in [-0.3, -0.25) is 9.69 Å². The quantitative estimate of drug-likeness (QED) is 0.553. The molecule has 0 unspecified atom stereocenters. The lowest BCUT2D eigenvalue weighted by Gasteiger charge is -2.46. The Morgan fingerprint density at radius 1 is 1.07 bits per heavy atom. The highest BCUT2D eigenvalue weighted by Gasteiger charge is 2.48. The van der Waals surface area contributed by atoms with Crippen LogP contribution in [0, 0.1) is 5.92 Å². The van der Waals surface area contributed by atoms with Crippen molar-refractivity contribution in [1.82, 2.24) is 9.80 Å². The molecule has 7 nitrogen and oxygen atoms in total. The van der Waals surface area contributed by atoms with Gasteiger partial charge in [0.2, 0.25) is 0 Å². The Labute approximate surface area is 169 Å². The molecule has 3 aliphatic rings. The maximum Gasteiger partial charge on any atom is 0.308 e. The van der Waals surface area contributed by atoms with Crippen molar-refractivity contribution >= 4 is 5.97 Å². The molecule has 28 heavy (non-hydrogen) atoms. The van der Waals surface area contributed by atoms with Crippen molar-refractivity contribution in [2.75, 3.05) is 47.1 Å². The molecule has 2 aliphatic heterocycles. The van der Waals surface area contributed by atoms with Gasteiger partial charge in [-0.2, -0.15) is 0 Å². The van der Waals surface area contributed by atoms with Crippen LogP contribution in [0.3, 0.4) is 0 Å². The van der Waals surface area contributed by atoms with Gasteiger partial charge in [0, 0.05) is 33.9 Å². The Morgan fingerprint density at radius 2 is 1.79 bits per heavy atom. The van der Waals surface area contributed by atoms with Crippen LogP contribution in [0.25, 0.3) is 0 Å². The van der Waals surface area contributed by atoms with Gasteiger partial charge in [0.1, 0.15) is 5.72 Å². The lowest BCUT2D eigenvalue weighted by Crippen LogP contribution is -2.60. The maximum atomic E-state index is 12.0. The third-order valence-corrected chi connectivity index (χ3v) is 6.57. The summed E-state index contributed by atoms with van der Waals surface area (Å²) < 4.78 is 23.4. The van der Waals surface area contributed by atoms with Gasteiger partial charge in [-0.1, -0.05) is 0 Å². The Kier molecular flexibility index (Phi) is 8.12. The molecule has 0 radical (unpaired) electrons. The minimum Gasteiger partial charge on any atom is -0.466 e. The first kappa shape index (κ1) is 22.0. The first-order valence-corrected chi connectivity index (χ1v) is 11.0. The molecule has 3 fully saturated rings. The zero-order chi connectivity index (χ0) is 20.0. The Bertz CT molecular complexity index is 491. The van der Waals surface area contributed by atoms with Crippen LogP contribution in [0.5, 0.6) is 0 Å². The largest absolute Gasteiger partial charge is 0.466 e. The van der Waals surface area contributed by atoms with E-state index < -0.39 is 5.72 Å². The lowest BCUT2D eigenvalue weighted by atomic mass is 9.87. The van der Waals surface area contributed by atoms with Gasteiger partial charge in [-0.15, -0.1) is 0 Å². The van der Waals surface area contributed by atoms with Gasteiger partial charge >= 0.3 is 5.97 Å². The van der Waals surface area contributed by atoms with E-state index in [0.717, 1.165) is 58.2 Å². The number of carbonyl (C=O) groups excluding carboxylic acids is 1. The summed E-state index contributed by atoms with van der Waals surface area (Å²) in [5, 5.41) is 0. The molecule has 0 N–H and O–H groups in total. The van der Waals surface area contributed by atoms with Gasteiger partial charge in [-0.25, -0.2) is 4.90 Å². The highest BCUT2D eigenvalue weighted by molar-refractivity contribution is 5.72. The van der Waals surface area contributed by atoms with Gasteiger partial charge < -0.3 is 18.9 Å². The molecule has 0 aromatic carbocycles. The summed E-state index contributed by atoms with van der Waals surface area (Å²) in [5.74, 6) is -0.0153. The fourth-order valence-corrected chi connectivity index (χ4v) is 5.03. The predicted molar refractivity (Wildman–Crippen MR) is 106 cm³/mol. The fraction of sp³-hybridized carbons (Fsp3) is 0.952. The van der Waals surface area contributed by atoms with Crippen LogP contribution in [0.1, 0.15) is 58.3 Å². The molecule has 2 heterocycles. The number of ether oxygens (including phenoxy) is 4. The number of rotatable bonds is 9. The van der Waals surface area contributed by atoms with Crippen LogP contribution in [-0.2, 0) is 23.7 Å². The molecule has 1 saturated carbocycles. The molecule has 0 spiro atoms. The van der Waals surface area contributed by atoms with Crippen molar-refractivity contribution in [1.29, 1.82) is 0 Å². The van der Waals surface area contributed by atoms with E-state index in [1.807, 2.05) is 6.92 Å². The van der Waals surface area contributed by atoms with E-state index in [1.165, 1.54) is 12.8 Å². The van der Waals surface area contributed by atoms with E-state index in [2.05, 4.69) is 9.80 Å². The Hall–Kier alpha value is -0.730. The summed E-state index contributed by atoms with van der Waals surface area (Å²) in [6.07, 6.45) is 8.09. The van der Waals surface area contributed by atoms with Gasteiger partial charge in [0.05, 0.1) is 25.2 Å². The normalized spacial score (nSPS) is 33.2. The maximum absolute atomic E-state index is 12.0. The van der Waals surface area contributed by atoms with Crippen molar-refractivity contribution in [2.24, 2.45) is 5.92 Å². The standard InChI is InChI=1S/C21H38N2O5/c1-4-27-19(24)17-8-10-18(11-9-17)28-20(22-13-5-6-14-22)23-15-7-12-21(23,26-3)16-25-2/h17-18,20H,4-16H2,1-3H3/t17?,18?,20-,21-/m0/s1. The predicted octanol–water partition coefficient (Wildman–Crippen LogP) is 2.59. The third-order valence-electron chi connectivity index (χ3n) is 6.57. The zero-order valence-corrected chi connectivity index (χ0v) is 17.9. The topological polar surface area (TPSA) is 60.5 Å². The van der Waals surface area contributed by atoms with E-state index in [0.29, 0.717) is 13.2 Å². The average Bonchev–Trinajstić information content (AvgIpc) is 3.38. The highest BCUT2D eigenvalue weighted by Crippen LogP contribution is 2.36. The van der Waals surface area contributed by atoms with Crippen LogP contribution in [-0.4, -0.2) is 81.0 Å². The molecular weight excluding hydrogens is 360 g/mol. The number of esters is 1. The minimum atomic E-state index is -0.413. The summed E-state index contributed by atoms with van der Waals surface area (Å²) >= 11 is 0. The lowest BCUT2D eigenvalue weighted by molar-refractivity contribution is -0.259. The van der Waals surface area contributed by atoms with Gasteiger partial charge in [-0.05, 0) is 58.3 Å². The minimum absolute atomic E-state index is 0.0309. The molecule has 0 aromatic heterocycles. The molecule has 162 valence electrons. The molecule has 0 aromatic rings. The van der Waals surface area contributed by atoms with E-state index in [1.54, 1.807) is 14.2 Å². The summed E-state index contributed by atoms with van der Waals surface area (Å²) in [6, 6.07) is 0. The molecule has 3 rings (SSSR count). The van der Waals surface area contributed by atoms with E-state index in [-0.39, 0.29) is 24.3 Å². The summed E-state index contributed by atoms with van der Waals surface area (Å²) in [7, 11) is 3.52. The van der Waals surface area contributed by atoms with Crippen LogP contribution in [0.2, 0.25) is 0 Å². The number of likely N-dealkylation sites (tertiary alicyclic amines) is 2. The molecule has 0 amide bonds. The zero-order valence-electron chi connectivity index (χ0n) is 17.9. The van der Waals surface area contributed by atoms with E-state index in [4.69, 9.17) is 18.9 Å². The number of hydrogen-bond acceptors (Lipinski definition) is 7. The van der Waals surface area contributed by atoms with Gasteiger partial charge in [0.15, 0.2) is 6.35 Å². The van der Waals surface area contributed by atoms with E-state index in [9.17, 15) is 4.79 Å². The molecule has 1 aliphatic carbocycles. The summed E-state index contributed by atoms with van der Waals surface area (Å²) in [4.78, 5) is 16.9. The Balaban J connectivity index is 1.65. The number of nitrogens with zero attached hydrogens (tertiary/aromatic N) is 2. The third kappa shape index (κ3) is 4.87. The van der Waals surface area contributed by atoms with Crippen molar-refractivity contribution < 1.29 is 23.7 Å². The number of methoxy groups -OCH3 is 2. The van der Waals surface area contributed by atoms with Crippen LogP contribution in [0.4, 0.5) is 0 Å². The fourth-order valence-electron chi connectivity index (χ4n) is 5.03. The monoisotopic (exact) mass is 398 g/mol. The Morgan fingerprint density at radius 3 is 2.39 bits per heavy atom.